The first kappa shape index (κ1) is 17.2. The van der Waals surface area contributed by atoms with E-state index in [4.69, 9.17) is 0 Å². The zero-order chi connectivity index (χ0) is 11.4. The first-order chi connectivity index (χ1) is 7.77. The number of carbonyl (C=O) groups is 1. The number of pyridine rings is 1. The molecular weight excluding hydrogens is 273 g/mol. The number of anilines is 1. The molecule has 1 aliphatic rings. The molecule has 1 fully saturated rings. The van der Waals surface area contributed by atoms with Crippen LogP contribution in [-0.2, 0) is 4.79 Å². The fourth-order valence-corrected chi connectivity index (χ4v) is 1.91. The fourth-order valence-electron chi connectivity index (χ4n) is 1.91. The van der Waals surface area contributed by atoms with E-state index in [1.54, 1.807) is 12.4 Å². The summed E-state index contributed by atoms with van der Waals surface area (Å²) in [5.41, 5.74) is 1.87. The van der Waals surface area contributed by atoms with Gasteiger partial charge in [-0.15, -0.1) is 24.8 Å². The van der Waals surface area contributed by atoms with Crippen molar-refractivity contribution in [3.63, 3.8) is 0 Å². The average molecular weight is 292 g/mol. The molecule has 1 atom stereocenters. The van der Waals surface area contributed by atoms with Gasteiger partial charge in [0.1, 0.15) is 0 Å². The van der Waals surface area contributed by atoms with Gasteiger partial charge in [-0.3, -0.25) is 9.78 Å². The minimum absolute atomic E-state index is 0. The van der Waals surface area contributed by atoms with E-state index in [9.17, 15) is 4.79 Å². The highest BCUT2D eigenvalue weighted by Gasteiger charge is 2.21. The Labute approximate surface area is 120 Å². The summed E-state index contributed by atoms with van der Waals surface area (Å²) in [7, 11) is 0. The third-order valence-corrected chi connectivity index (χ3v) is 2.96. The number of halogens is 2. The maximum absolute atomic E-state index is 11.9. The molecule has 0 aliphatic carbocycles. The van der Waals surface area contributed by atoms with E-state index < -0.39 is 0 Å². The fraction of sp³-hybridized carbons (Fsp3) is 0.500. The van der Waals surface area contributed by atoms with E-state index in [1.807, 2.05) is 13.0 Å². The van der Waals surface area contributed by atoms with Crippen LogP contribution < -0.4 is 10.6 Å². The van der Waals surface area contributed by atoms with Crippen LogP contribution >= 0.6 is 24.8 Å². The Bertz CT molecular complexity index is 381. The Balaban J connectivity index is 0.00000144. The molecule has 4 nitrogen and oxygen atoms in total. The monoisotopic (exact) mass is 291 g/mol. The molecule has 18 heavy (non-hydrogen) atoms. The first-order valence-corrected chi connectivity index (χ1v) is 5.69. The molecule has 1 unspecified atom stereocenters. The highest BCUT2D eigenvalue weighted by atomic mass is 35.5. The van der Waals surface area contributed by atoms with Crippen LogP contribution in [0, 0.1) is 12.8 Å². The highest BCUT2D eigenvalue weighted by molar-refractivity contribution is 5.93. The molecule has 0 bridgehead atoms. The number of carbonyl (C=O) groups excluding carboxylic acids is 1. The number of piperidine rings is 1. The zero-order valence-electron chi connectivity index (χ0n) is 10.3. The highest BCUT2D eigenvalue weighted by Crippen LogP contribution is 2.16. The first-order valence-electron chi connectivity index (χ1n) is 5.69. The second-order valence-electron chi connectivity index (χ2n) is 4.22. The number of hydrogen-bond donors (Lipinski definition) is 2. The number of nitrogens with zero attached hydrogens (tertiary/aromatic N) is 1. The number of aryl methyl sites for hydroxylation is 1. The molecule has 2 N–H and O–H groups in total. The van der Waals surface area contributed by atoms with E-state index in [0.29, 0.717) is 0 Å². The summed E-state index contributed by atoms with van der Waals surface area (Å²) in [6.07, 6.45) is 5.47. The Hall–Kier alpha value is -0.840. The molecule has 2 heterocycles. The predicted octanol–water partition coefficient (Wildman–Crippen LogP) is 2.17. The molecular formula is C12H19Cl2N3O. The van der Waals surface area contributed by atoms with Crippen LogP contribution in [0.1, 0.15) is 18.4 Å². The summed E-state index contributed by atoms with van der Waals surface area (Å²) in [6, 6.07) is 1.90. The average Bonchev–Trinajstić information content (AvgIpc) is 2.33. The standard InChI is InChI=1S/C12H17N3O.2ClH/c1-9-4-6-14-8-11(9)15-12(16)10-3-2-5-13-7-10;;/h4,6,8,10,13H,2-3,5,7H2,1H3,(H,15,16);2*1H. The normalized spacial score (nSPS) is 18.2. The van der Waals surface area contributed by atoms with Crippen LogP contribution in [0.4, 0.5) is 5.69 Å². The van der Waals surface area contributed by atoms with Crippen molar-refractivity contribution in [1.82, 2.24) is 10.3 Å². The minimum Gasteiger partial charge on any atom is -0.324 e. The molecule has 6 heteroatoms. The Morgan fingerprint density at radius 2 is 2.28 bits per heavy atom. The molecule has 0 aromatic carbocycles. The van der Waals surface area contributed by atoms with Gasteiger partial charge in [-0.05, 0) is 37.9 Å². The topological polar surface area (TPSA) is 54.0 Å². The van der Waals surface area contributed by atoms with Crippen molar-refractivity contribution in [2.24, 2.45) is 5.92 Å². The second kappa shape index (κ2) is 8.29. The summed E-state index contributed by atoms with van der Waals surface area (Å²) in [5, 5.41) is 6.18. The molecule has 0 spiro atoms. The molecule has 1 aliphatic heterocycles. The van der Waals surface area contributed by atoms with Gasteiger partial charge in [0.05, 0.1) is 17.8 Å². The van der Waals surface area contributed by atoms with Crippen molar-refractivity contribution in [2.45, 2.75) is 19.8 Å². The molecule has 1 saturated heterocycles. The van der Waals surface area contributed by atoms with E-state index >= 15 is 0 Å². The number of hydrogen-bond acceptors (Lipinski definition) is 3. The molecule has 1 aromatic rings. The lowest BCUT2D eigenvalue weighted by Gasteiger charge is -2.22. The lowest BCUT2D eigenvalue weighted by molar-refractivity contribution is -0.120. The Morgan fingerprint density at radius 1 is 1.50 bits per heavy atom. The molecule has 2 rings (SSSR count). The minimum atomic E-state index is 0. The predicted molar refractivity (Wildman–Crippen MR) is 77.7 cm³/mol. The molecule has 0 saturated carbocycles. The molecule has 1 amide bonds. The second-order valence-corrected chi connectivity index (χ2v) is 4.22. The van der Waals surface area contributed by atoms with E-state index in [2.05, 4.69) is 15.6 Å². The lowest BCUT2D eigenvalue weighted by Crippen LogP contribution is -2.37. The van der Waals surface area contributed by atoms with Crippen LogP contribution in [0.3, 0.4) is 0 Å². The number of nitrogens with one attached hydrogen (secondary N) is 2. The van der Waals surface area contributed by atoms with Gasteiger partial charge < -0.3 is 10.6 Å². The summed E-state index contributed by atoms with van der Waals surface area (Å²) in [5.74, 6) is 0.191. The largest absolute Gasteiger partial charge is 0.324 e. The van der Waals surface area contributed by atoms with E-state index in [-0.39, 0.29) is 36.6 Å². The lowest BCUT2D eigenvalue weighted by atomic mass is 9.99. The van der Waals surface area contributed by atoms with E-state index in [0.717, 1.165) is 37.2 Å². The van der Waals surface area contributed by atoms with Crippen LogP contribution in [0.15, 0.2) is 18.5 Å². The van der Waals surface area contributed by atoms with Crippen molar-refractivity contribution < 1.29 is 4.79 Å². The van der Waals surface area contributed by atoms with Crippen molar-refractivity contribution in [2.75, 3.05) is 18.4 Å². The molecule has 1 aromatic heterocycles. The molecule has 102 valence electrons. The van der Waals surface area contributed by atoms with Crippen LogP contribution in [0.2, 0.25) is 0 Å². The van der Waals surface area contributed by atoms with Crippen LogP contribution in [-0.4, -0.2) is 24.0 Å². The van der Waals surface area contributed by atoms with Crippen LogP contribution in [0.5, 0.6) is 0 Å². The number of rotatable bonds is 2. The maximum Gasteiger partial charge on any atom is 0.228 e. The van der Waals surface area contributed by atoms with Gasteiger partial charge in [0.25, 0.3) is 0 Å². The van der Waals surface area contributed by atoms with Gasteiger partial charge in [0.2, 0.25) is 5.91 Å². The van der Waals surface area contributed by atoms with Gasteiger partial charge >= 0.3 is 0 Å². The van der Waals surface area contributed by atoms with Crippen LogP contribution in [0.25, 0.3) is 0 Å². The van der Waals surface area contributed by atoms with E-state index in [1.165, 1.54) is 0 Å². The van der Waals surface area contributed by atoms with Crippen molar-refractivity contribution in [1.29, 1.82) is 0 Å². The van der Waals surface area contributed by atoms with Gasteiger partial charge in [0, 0.05) is 12.7 Å². The van der Waals surface area contributed by atoms with Gasteiger partial charge in [-0.25, -0.2) is 0 Å². The van der Waals surface area contributed by atoms with Gasteiger partial charge in [0.15, 0.2) is 0 Å². The number of amides is 1. The van der Waals surface area contributed by atoms with Crippen molar-refractivity contribution >= 4 is 36.4 Å². The van der Waals surface area contributed by atoms with Crippen molar-refractivity contribution in [3.05, 3.63) is 24.0 Å². The summed E-state index contributed by atoms with van der Waals surface area (Å²) in [4.78, 5) is 16.0. The van der Waals surface area contributed by atoms with Gasteiger partial charge in [-0.2, -0.15) is 0 Å². The zero-order valence-corrected chi connectivity index (χ0v) is 11.9. The quantitative estimate of drug-likeness (QED) is 0.878. The SMILES string of the molecule is Cc1ccncc1NC(=O)C1CCCNC1.Cl.Cl. The Morgan fingerprint density at radius 3 is 2.89 bits per heavy atom. The smallest absolute Gasteiger partial charge is 0.228 e. The van der Waals surface area contributed by atoms with Crippen molar-refractivity contribution in [3.8, 4) is 0 Å². The summed E-state index contributed by atoms with van der Waals surface area (Å²) < 4.78 is 0. The van der Waals surface area contributed by atoms with Gasteiger partial charge in [-0.1, -0.05) is 0 Å². The number of aromatic nitrogens is 1. The molecule has 0 radical (unpaired) electrons. The maximum atomic E-state index is 11.9. The summed E-state index contributed by atoms with van der Waals surface area (Å²) in [6.45, 7) is 3.78. The third-order valence-electron chi connectivity index (χ3n) is 2.96. The Kier molecular flexibility index (Phi) is 7.91. The summed E-state index contributed by atoms with van der Waals surface area (Å²) >= 11 is 0. The third kappa shape index (κ3) is 4.44.